The molecule has 1 heterocycles. The number of ketones is 1. The lowest BCUT2D eigenvalue weighted by molar-refractivity contribution is 0.0946. The van der Waals surface area contributed by atoms with Crippen molar-refractivity contribution in [3.05, 3.63) is 24.2 Å². The molecule has 1 aromatic rings. The topological polar surface area (TPSA) is 30.2 Å². The van der Waals surface area contributed by atoms with Gasteiger partial charge in [0.25, 0.3) is 0 Å². The van der Waals surface area contributed by atoms with E-state index >= 15 is 0 Å². The van der Waals surface area contributed by atoms with Crippen LogP contribution in [0.1, 0.15) is 65.4 Å². The second-order valence-electron chi connectivity index (χ2n) is 7.17. The molecule has 2 nitrogen and oxygen atoms in total. The first kappa shape index (κ1) is 18.8. The lowest BCUT2D eigenvalue weighted by Gasteiger charge is -2.38. The second-order valence-corrected chi connectivity index (χ2v) is 12.8. The van der Waals surface area contributed by atoms with Crippen molar-refractivity contribution < 1.29 is 9.21 Å². The van der Waals surface area contributed by atoms with Gasteiger partial charge in [-0.05, 0) is 28.8 Å². The maximum atomic E-state index is 12.1. The Hall–Kier alpha value is -1.27. The zero-order valence-corrected chi connectivity index (χ0v) is 16.1. The maximum absolute atomic E-state index is 12.1. The summed E-state index contributed by atoms with van der Waals surface area (Å²) in [7, 11) is -1.70. The van der Waals surface area contributed by atoms with Crippen LogP contribution in [0.5, 0.6) is 0 Å². The molecule has 0 N–H and O–H groups in total. The molecule has 0 fully saturated rings. The third-order valence-electron chi connectivity index (χ3n) is 4.69. The van der Waals surface area contributed by atoms with Crippen molar-refractivity contribution in [2.24, 2.45) is 5.92 Å². The van der Waals surface area contributed by atoms with Gasteiger partial charge >= 0.3 is 0 Å². The van der Waals surface area contributed by atoms with E-state index in [4.69, 9.17) is 4.42 Å². The second kappa shape index (κ2) is 7.83. The Kier molecular flexibility index (Phi) is 6.68. The van der Waals surface area contributed by atoms with Crippen LogP contribution in [0.4, 0.5) is 0 Å². The van der Waals surface area contributed by atoms with E-state index in [0.29, 0.717) is 28.8 Å². The van der Waals surface area contributed by atoms with E-state index in [0.717, 1.165) is 0 Å². The molecule has 1 atom stereocenters. The van der Waals surface area contributed by atoms with E-state index in [1.807, 2.05) is 6.92 Å². The van der Waals surface area contributed by atoms with Crippen molar-refractivity contribution in [1.29, 1.82) is 0 Å². The smallest absolute Gasteiger partial charge is 0.199 e. The summed E-state index contributed by atoms with van der Waals surface area (Å²) in [6.45, 7) is 15.9. The quantitative estimate of drug-likeness (QED) is 0.382. The van der Waals surface area contributed by atoms with Crippen molar-refractivity contribution in [3.8, 4) is 11.5 Å². The van der Waals surface area contributed by atoms with Crippen LogP contribution in [0, 0.1) is 17.4 Å². The minimum atomic E-state index is -1.70. The largest absolute Gasteiger partial charge is 0.461 e. The predicted molar refractivity (Wildman–Crippen MR) is 95.6 cm³/mol. The Balaban J connectivity index is 2.91. The minimum Gasteiger partial charge on any atom is -0.461 e. The highest BCUT2D eigenvalue weighted by molar-refractivity contribution is 6.90. The molecular formula is C19H30O2Si. The number of Topliss-reactive ketones (excluding diaryl/α,β-unsaturated/α-hetero) is 1. The highest BCUT2D eigenvalue weighted by atomic mass is 28.3. The first-order chi connectivity index (χ1) is 10.2. The van der Waals surface area contributed by atoms with Gasteiger partial charge in [-0.15, -0.1) is 11.5 Å². The monoisotopic (exact) mass is 318 g/mol. The van der Waals surface area contributed by atoms with Crippen molar-refractivity contribution >= 4 is 13.9 Å². The van der Waals surface area contributed by atoms with Crippen LogP contribution >= 0.6 is 0 Å². The molecule has 0 radical (unpaired) electrons. The van der Waals surface area contributed by atoms with E-state index in [1.165, 1.54) is 6.26 Å². The Bertz CT molecular complexity index is 508. The Labute approximate surface area is 136 Å². The normalized spacial score (nSPS) is 13.4. The molecule has 122 valence electrons. The van der Waals surface area contributed by atoms with Gasteiger partial charge in [-0.3, -0.25) is 4.79 Å². The lowest BCUT2D eigenvalue weighted by atomic mass is 10.0. The number of carbonyl (C=O) groups excluding carboxylic acids is 1. The summed E-state index contributed by atoms with van der Waals surface area (Å²) < 4.78 is 5.17. The van der Waals surface area contributed by atoms with Crippen molar-refractivity contribution in [3.63, 3.8) is 0 Å². The molecule has 22 heavy (non-hydrogen) atoms. The molecule has 0 spiro atoms. The van der Waals surface area contributed by atoms with Crippen molar-refractivity contribution in [1.82, 2.24) is 0 Å². The summed E-state index contributed by atoms with van der Waals surface area (Å²) in [5.41, 5.74) is 5.54. The SMILES string of the molecule is CC(C)[Si](C#C[C@H](C)CC(=O)c1ccco1)(C(C)C)C(C)C. The van der Waals surface area contributed by atoms with E-state index in [9.17, 15) is 4.79 Å². The van der Waals surface area contributed by atoms with E-state index < -0.39 is 8.07 Å². The van der Waals surface area contributed by atoms with Gasteiger partial charge in [-0.2, -0.15) is 0 Å². The van der Waals surface area contributed by atoms with E-state index in [2.05, 4.69) is 53.0 Å². The Morgan fingerprint density at radius 1 is 1.09 bits per heavy atom. The molecule has 0 saturated heterocycles. The molecule has 1 aromatic heterocycles. The maximum Gasteiger partial charge on any atom is 0.199 e. The summed E-state index contributed by atoms with van der Waals surface area (Å²) >= 11 is 0. The number of rotatable bonds is 6. The van der Waals surface area contributed by atoms with Crippen LogP contribution < -0.4 is 0 Å². The van der Waals surface area contributed by atoms with Crippen molar-refractivity contribution in [2.75, 3.05) is 0 Å². The fourth-order valence-corrected chi connectivity index (χ4v) is 8.91. The Morgan fingerprint density at radius 3 is 2.05 bits per heavy atom. The molecule has 0 aliphatic carbocycles. The van der Waals surface area contributed by atoms with Gasteiger partial charge in [0.05, 0.1) is 6.26 Å². The van der Waals surface area contributed by atoms with Gasteiger partial charge in [0.1, 0.15) is 8.07 Å². The summed E-state index contributed by atoms with van der Waals surface area (Å²) in [5, 5.41) is 0. The number of hydrogen-bond donors (Lipinski definition) is 0. The first-order valence-electron chi connectivity index (χ1n) is 8.31. The molecular weight excluding hydrogens is 288 g/mol. The van der Waals surface area contributed by atoms with Crippen LogP contribution in [-0.4, -0.2) is 13.9 Å². The zero-order valence-electron chi connectivity index (χ0n) is 15.1. The van der Waals surface area contributed by atoms with Gasteiger partial charge < -0.3 is 4.42 Å². The summed E-state index contributed by atoms with van der Waals surface area (Å²) in [5.74, 6) is 3.96. The molecule has 0 unspecified atom stereocenters. The van der Waals surface area contributed by atoms with E-state index in [-0.39, 0.29) is 11.7 Å². The first-order valence-corrected chi connectivity index (χ1v) is 10.5. The van der Waals surface area contributed by atoms with E-state index in [1.54, 1.807) is 12.1 Å². The number of carbonyl (C=O) groups is 1. The standard InChI is InChI=1S/C19H30O2Si/c1-14(2)22(15(3)4,16(5)6)12-10-17(7)13-18(20)19-9-8-11-21-19/h8-9,11,14-17H,13H2,1-7H3/t17-/m0/s1. The Morgan fingerprint density at radius 2 is 1.64 bits per heavy atom. The van der Waals surface area contributed by atoms with Crippen LogP contribution in [0.25, 0.3) is 0 Å². The third kappa shape index (κ3) is 4.13. The van der Waals surface area contributed by atoms with Crippen LogP contribution in [-0.2, 0) is 0 Å². The van der Waals surface area contributed by atoms with Gasteiger partial charge in [-0.25, -0.2) is 0 Å². The van der Waals surface area contributed by atoms with Crippen LogP contribution in [0.2, 0.25) is 16.6 Å². The molecule has 3 heteroatoms. The molecule has 0 aliphatic heterocycles. The highest BCUT2D eigenvalue weighted by Crippen LogP contribution is 2.40. The third-order valence-corrected chi connectivity index (χ3v) is 11.0. The molecule has 0 amide bonds. The van der Waals surface area contributed by atoms with Crippen LogP contribution in [0.15, 0.2) is 22.8 Å². The summed E-state index contributed by atoms with van der Waals surface area (Å²) in [6, 6.07) is 3.47. The summed E-state index contributed by atoms with van der Waals surface area (Å²) in [4.78, 5) is 12.1. The average molecular weight is 319 g/mol. The molecule has 0 aromatic carbocycles. The average Bonchev–Trinajstić information content (AvgIpc) is 2.91. The molecule has 0 aliphatic rings. The number of hydrogen-bond acceptors (Lipinski definition) is 2. The number of furan rings is 1. The van der Waals surface area contributed by atoms with Gasteiger partial charge in [-0.1, -0.05) is 48.5 Å². The zero-order chi connectivity index (χ0) is 16.9. The minimum absolute atomic E-state index is 0.0395. The summed E-state index contributed by atoms with van der Waals surface area (Å²) in [6.07, 6.45) is 1.97. The lowest BCUT2D eigenvalue weighted by Crippen LogP contribution is -2.43. The highest BCUT2D eigenvalue weighted by Gasteiger charge is 2.41. The van der Waals surface area contributed by atoms with Crippen LogP contribution in [0.3, 0.4) is 0 Å². The van der Waals surface area contributed by atoms with Gasteiger partial charge in [0.15, 0.2) is 11.5 Å². The fraction of sp³-hybridized carbons (Fsp3) is 0.632. The van der Waals surface area contributed by atoms with Gasteiger partial charge in [0, 0.05) is 12.3 Å². The predicted octanol–water partition coefficient (Wildman–Crippen LogP) is 5.71. The fourth-order valence-electron chi connectivity index (χ4n) is 3.55. The molecule has 1 rings (SSSR count). The van der Waals surface area contributed by atoms with Gasteiger partial charge in [0.2, 0.25) is 0 Å². The molecule has 0 bridgehead atoms. The molecule has 0 saturated carbocycles. The van der Waals surface area contributed by atoms with Crippen molar-refractivity contribution in [2.45, 2.75) is 71.5 Å².